The lowest BCUT2D eigenvalue weighted by atomic mass is 9.96. The molecule has 0 N–H and O–H groups in total. The minimum Gasteiger partial charge on any atom is -0.496 e. The highest BCUT2D eigenvalue weighted by atomic mass is 16.5. The second-order valence-electron chi connectivity index (χ2n) is 2.83. The topological polar surface area (TPSA) is 56.3 Å². The molecule has 0 atom stereocenters. The second-order valence-corrected chi connectivity index (χ2v) is 2.83. The van der Waals surface area contributed by atoms with Crippen LogP contribution in [0.5, 0.6) is 0 Å². The van der Waals surface area contributed by atoms with Crippen LogP contribution in [0.3, 0.4) is 0 Å². The smallest absolute Gasteiger partial charge is 0.233 e. The summed E-state index contributed by atoms with van der Waals surface area (Å²) in [6, 6.07) is 1.52. The number of ether oxygens (including phenoxy) is 1. The van der Waals surface area contributed by atoms with Gasteiger partial charge in [-0.05, 0) is 6.07 Å². The number of nitrogens with zero attached hydrogens (tertiary/aromatic N) is 1. The highest BCUT2D eigenvalue weighted by Gasteiger charge is 2.25. The molecule has 1 aromatic rings. The van der Waals surface area contributed by atoms with Crippen LogP contribution in [0, 0.1) is 0 Å². The molecular formula is C10H7NO3. The summed E-state index contributed by atoms with van der Waals surface area (Å²) in [6.07, 6.45) is 4.17. The maximum atomic E-state index is 11.4. The lowest BCUT2D eigenvalue weighted by Crippen LogP contribution is -2.19. The minimum atomic E-state index is -0.555. The van der Waals surface area contributed by atoms with Gasteiger partial charge in [0.05, 0.1) is 7.11 Å². The Bertz CT molecular complexity index is 448. The van der Waals surface area contributed by atoms with E-state index in [1.54, 1.807) is 0 Å². The number of aromatic nitrogens is 1. The number of methoxy groups -OCH3 is 1. The molecule has 1 heterocycles. The number of Topliss-reactive ketones (excluding diaryl/α,β-unsaturated/α-hetero) is 1. The van der Waals surface area contributed by atoms with E-state index in [0.29, 0.717) is 16.9 Å². The van der Waals surface area contributed by atoms with Gasteiger partial charge in [-0.3, -0.25) is 14.6 Å². The summed E-state index contributed by atoms with van der Waals surface area (Å²) in [7, 11) is 1.45. The molecule has 0 bridgehead atoms. The Kier molecular flexibility index (Phi) is 1.89. The van der Waals surface area contributed by atoms with E-state index in [1.807, 2.05) is 0 Å². The van der Waals surface area contributed by atoms with Gasteiger partial charge in [-0.25, -0.2) is 0 Å². The van der Waals surface area contributed by atoms with Gasteiger partial charge >= 0.3 is 0 Å². The molecule has 0 saturated heterocycles. The van der Waals surface area contributed by atoms with Crippen molar-refractivity contribution < 1.29 is 14.3 Å². The molecule has 0 saturated carbocycles. The predicted molar refractivity (Wildman–Crippen MR) is 48.6 cm³/mol. The fraction of sp³-hybridized carbons (Fsp3) is 0.100. The van der Waals surface area contributed by atoms with Crippen molar-refractivity contribution in [2.24, 2.45) is 0 Å². The summed E-state index contributed by atoms with van der Waals surface area (Å²) in [5, 5.41) is 0. The summed E-state index contributed by atoms with van der Waals surface area (Å²) < 4.78 is 4.98. The van der Waals surface area contributed by atoms with E-state index in [9.17, 15) is 9.59 Å². The number of rotatable bonds is 1. The molecule has 0 spiro atoms. The van der Waals surface area contributed by atoms with Crippen LogP contribution in [0.4, 0.5) is 0 Å². The molecule has 1 aliphatic carbocycles. The van der Waals surface area contributed by atoms with Crippen LogP contribution in [0.15, 0.2) is 24.5 Å². The van der Waals surface area contributed by atoms with Crippen molar-refractivity contribution in [3.63, 3.8) is 0 Å². The molecule has 0 unspecified atom stereocenters. The fourth-order valence-corrected chi connectivity index (χ4v) is 1.35. The van der Waals surface area contributed by atoms with Gasteiger partial charge in [-0.15, -0.1) is 0 Å². The van der Waals surface area contributed by atoms with Crippen LogP contribution in [-0.2, 0) is 9.53 Å². The van der Waals surface area contributed by atoms with Gasteiger partial charge < -0.3 is 4.74 Å². The average molecular weight is 189 g/mol. The number of carbonyl (C=O) groups is 2. The Balaban J connectivity index is 2.66. The van der Waals surface area contributed by atoms with E-state index in [4.69, 9.17) is 4.74 Å². The molecule has 0 radical (unpaired) electrons. The lowest BCUT2D eigenvalue weighted by Gasteiger charge is -2.13. The average Bonchev–Trinajstić information content (AvgIpc) is 2.23. The first-order valence-electron chi connectivity index (χ1n) is 4.03. The minimum absolute atomic E-state index is 0.351. The summed E-state index contributed by atoms with van der Waals surface area (Å²) >= 11 is 0. The van der Waals surface area contributed by atoms with Crippen LogP contribution in [0.2, 0.25) is 0 Å². The maximum Gasteiger partial charge on any atom is 0.233 e. The normalized spacial score (nSPS) is 14.8. The molecular weight excluding hydrogens is 182 g/mol. The molecule has 0 aromatic carbocycles. The number of hydrogen-bond donors (Lipinski definition) is 0. The highest BCUT2D eigenvalue weighted by molar-refractivity contribution is 6.50. The summed E-state index contributed by atoms with van der Waals surface area (Å²) in [5.74, 6) is -0.679. The Labute approximate surface area is 80.2 Å². The standard InChI is InChI=1S/C10H7NO3/c1-14-9-4-8(12)10(13)6-2-3-11-5-7(6)9/h2-5H,1H3. The molecule has 14 heavy (non-hydrogen) atoms. The van der Waals surface area contributed by atoms with Crippen LogP contribution >= 0.6 is 0 Å². The first kappa shape index (κ1) is 8.62. The zero-order chi connectivity index (χ0) is 10.1. The van der Waals surface area contributed by atoms with E-state index in [1.165, 1.54) is 31.6 Å². The number of fused-ring (bicyclic) bond motifs is 1. The van der Waals surface area contributed by atoms with Gasteiger partial charge in [0.1, 0.15) is 5.76 Å². The first-order chi connectivity index (χ1) is 6.74. The third-order valence-electron chi connectivity index (χ3n) is 2.04. The Morgan fingerprint density at radius 1 is 1.29 bits per heavy atom. The van der Waals surface area contributed by atoms with E-state index < -0.39 is 11.6 Å². The van der Waals surface area contributed by atoms with Crippen LogP contribution in [-0.4, -0.2) is 23.7 Å². The number of pyridine rings is 1. The fourth-order valence-electron chi connectivity index (χ4n) is 1.35. The molecule has 4 nitrogen and oxygen atoms in total. The van der Waals surface area contributed by atoms with E-state index in [0.717, 1.165) is 0 Å². The first-order valence-corrected chi connectivity index (χ1v) is 4.03. The molecule has 1 aromatic heterocycles. The summed E-state index contributed by atoms with van der Waals surface area (Å²) in [6.45, 7) is 0. The number of carbonyl (C=O) groups excluding carboxylic acids is 2. The second kappa shape index (κ2) is 3.06. The third-order valence-corrected chi connectivity index (χ3v) is 2.04. The Morgan fingerprint density at radius 3 is 2.79 bits per heavy atom. The summed E-state index contributed by atoms with van der Waals surface area (Å²) in [5.41, 5.74) is 0.920. The Morgan fingerprint density at radius 2 is 2.07 bits per heavy atom. The SMILES string of the molecule is COC1=CC(=O)C(=O)c2ccncc21. The van der Waals surface area contributed by atoms with Crippen LogP contribution < -0.4 is 0 Å². The van der Waals surface area contributed by atoms with Gasteiger partial charge in [-0.2, -0.15) is 0 Å². The Hall–Kier alpha value is -1.97. The van der Waals surface area contributed by atoms with Crippen molar-refractivity contribution in [2.75, 3.05) is 7.11 Å². The molecule has 2 rings (SSSR count). The zero-order valence-corrected chi connectivity index (χ0v) is 7.48. The lowest BCUT2D eigenvalue weighted by molar-refractivity contribution is -0.111. The maximum absolute atomic E-state index is 11.4. The van der Waals surface area contributed by atoms with Crippen molar-refractivity contribution >= 4 is 17.3 Å². The quantitative estimate of drug-likeness (QED) is 0.614. The van der Waals surface area contributed by atoms with Crippen molar-refractivity contribution in [3.05, 3.63) is 35.7 Å². The molecule has 0 amide bonds. The number of ketones is 2. The largest absolute Gasteiger partial charge is 0.496 e. The van der Waals surface area contributed by atoms with E-state index in [-0.39, 0.29) is 0 Å². The molecule has 0 aliphatic heterocycles. The van der Waals surface area contributed by atoms with Gasteiger partial charge in [0.2, 0.25) is 11.6 Å². The third kappa shape index (κ3) is 1.12. The van der Waals surface area contributed by atoms with Crippen molar-refractivity contribution in [1.29, 1.82) is 0 Å². The molecule has 4 heteroatoms. The molecule has 70 valence electrons. The predicted octanol–water partition coefficient (Wildman–Crippen LogP) is 0.834. The highest BCUT2D eigenvalue weighted by Crippen LogP contribution is 2.23. The van der Waals surface area contributed by atoms with Gasteiger partial charge in [0, 0.05) is 29.6 Å². The monoisotopic (exact) mass is 189 g/mol. The number of hydrogen-bond acceptors (Lipinski definition) is 4. The van der Waals surface area contributed by atoms with Crippen molar-refractivity contribution in [1.82, 2.24) is 4.98 Å². The van der Waals surface area contributed by atoms with Crippen LogP contribution in [0.25, 0.3) is 5.76 Å². The van der Waals surface area contributed by atoms with Gasteiger partial charge in [0.25, 0.3) is 0 Å². The van der Waals surface area contributed by atoms with Crippen LogP contribution in [0.1, 0.15) is 15.9 Å². The van der Waals surface area contributed by atoms with Gasteiger partial charge in [-0.1, -0.05) is 0 Å². The van der Waals surface area contributed by atoms with Crippen molar-refractivity contribution in [2.45, 2.75) is 0 Å². The molecule has 0 fully saturated rings. The van der Waals surface area contributed by atoms with Crippen molar-refractivity contribution in [3.8, 4) is 0 Å². The summed E-state index contributed by atoms with van der Waals surface area (Å²) in [4.78, 5) is 26.5. The van der Waals surface area contributed by atoms with E-state index >= 15 is 0 Å². The molecule has 1 aliphatic rings. The zero-order valence-electron chi connectivity index (χ0n) is 7.48. The number of allylic oxidation sites excluding steroid dienone is 1. The van der Waals surface area contributed by atoms with Gasteiger partial charge in [0.15, 0.2) is 0 Å². The van der Waals surface area contributed by atoms with E-state index in [2.05, 4.69) is 4.98 Å².